The normalized spacial score (nSPS) is 13.8. The molecule has 2 heterocycles. The van der Waals surface area contributed by atoms with E-state index in [1.807, 2.05) is 60.1 Å². The number of amides is 1. The minimum atomic E-state index is -0.0291. The van der Waals surface area contributed by atoms with Crippen LogP contribution < -0.4 is 5.32 Å². The zero-order valence-corrected chi connectivity index (χ0v) is 17.0. The summed E-state index contributed by atoms with van der Waals surface area (Å²) in [4.78, 5) is 14.5. The molecule has 0 bridgehead atoms. The van der Waals surface area contributed by atoms with Gasteiger partial charge in [-0.05, 0) is 51.2 Å². The second-order valence-electron chi connectivity index (χ2n) is 8.00. The Morgan fingerprint density at radius 2 is 2.07 bits per heavy atom. The predicted molar refractivity (Wildman–Crippen MR) is 115 cm³/mol. The lowest BCUT2D eigenvalue weighted by Gasteiger charge is -2.12. The van der Waals surface area contributed by atoms with Crippen molar-refractivity contribution in [3.05, 3.63) is 54.2 Å². The van der Waals surface area contributed by atoms with Crippen molar-refractivity contribution in [1.29, 1.82) is 0 Å². The Morgan fingerprint density at radius 1 is 1.20 bits per heavy atom. The lowest BCUT2D eigenvalue weighted by atomic mass is 10.0. The van der Waals surface area contributed by atoms with E-state index in [0.717, 1.165) is 46.3 Å². The molecule has 0 saturated heterocycles. The van der Waals surface area contributed by atoms with Crippen LogP contribution in [0.1, 0.15) is 23.2 Å². The van der Waals surface area contributed by atoms with Gasteiger partial charge < -0.3 is 5.32 Å². The second kappa shape index (κ2) is 7.38. The summed E-state index contributed by atoms with van der Waals surface area (Å²) < 4.78 is 1.86. The van der Waals surface area contributed by atoms with E-state index in [1.165, 1.54) is 0 Å². The van der Waals surface area contributed by atoms with Crippen LogP contribution in [0, 0.1) is 0 Å². The summed E-state index contributed by atoms with van der Waals surface area (Å²) in [5.74, 6) is -0.0291. The first-order valence-corrected chi connectivity index (χ1v) is 10.0. The van der Waals surface area contributed by atoms with Crippen LogP contribution in [0.15, 0.2) is 48.7 Å². The van der Waals surface area contributed by atoms with Gasteiger partial charge in [-0.1, -0.05) is 23.4 Å². The van der Waals surface area contributed by atoms with Crippen LogP contribution in [0.5, 0.6) is 0 Å². The predicted octanol–water partition coefficient (Wildman–Crippen LogP) is 2.90. The number of hydrogen-bond acceptors (Lipinski definition) is 5. The number of nitrogens with zero attached hydrogens (tertiary/aromatic N) is 5. The fourth-order valence-electron chi connectivity index (χ4n) is 3.55. The molecule has 1 aliphatic rings. The van der Waals surface area contributed by atoms with E-state index >= 15 is 0 Å². The quantitative estimate of drug-likeness (QED) is 0.518. The number of aromatic nitrogens is 5. The van der Waals surface area contributed by atoms with Gasteiger partial charge in [-0.15, -0.1) is 5.10 Å². The zero-order valence-electron chi connectivity index (χ0n) is 17.0. The Labute approximate surface area is 173 Å². The van der Waals surface area contributed by atoms with E-state index in [9.17, 15) is 4.79 Å². The van der Waals surface area contributed by atoms with Crippen molar-refractivity contribution in [3.8, 4) is 22.5 Å². The number of rotatable bonds is 6. The third-order valence-corrected chi connectivity index (χ3v) is 5.20. The van der Waals surface area contributed by atoms with E-state index < -0.39 is 0 Å². The fraction of sp³-hybridized carbons (Fsp3) is 0.273. The molecule has 1 fully saturated rings. The topological polar surface area (TPSA) is 91.7 Å². The molecular formula is C22H23N7O. The van der Waals surface area contributed by atoms with Crippen LogP contribution in [0.3, 0.4) is 0 Å². The molecule has 8 heteroatoms. The van der Waals surface area contributed by atoms with Gasteiger partial charge in [0.1, 0.15) is 0 Å². The number of aromatic amines is 1. The number of H-pyrrole nitrogens is 1. The van der Waals surface area contributed by atoms with E-state index in [2.05, 4.69) is 31.9 Å². The lowest BCUT2D eigenvalue weighted by Crippen LogP contribution is -2.25. The van der Waals surface area contributed by atoms with Gasteiger partial charge >= 0.3 is 0 Å². The summed E-state index contributed by atoms with van der Waals surface area (Å²) in [5.41, 5.74) is 5.27. The minimum absolute atomic E-state index is 0.0291. The monoisotopic (exact) mass is 401 g/mol. The molecule has 30 heavy (non-hydrogen) atoms. The molecule has 0 atom stereocenters. The first-order valence-electron chi connectivity index (χ1n) is 10.0. The SMILES string of the molecule is CN(C)Cn1nncc1-c1ccc2[nH]nc(-c3cccc(C(=O)NC4CC4)c3)c2c1. The van der Waals surface area contributed by atoms with Crippen LogP contribution in [-0.4, -0.2) is 56.1 Å². The largest absolute Gasteiger partial charge is 0.349 e. The van der Waals surface area contributed by atoms with Crippen molar-refractivity contribution in [2.45, 2.75) is 25.6 Å². The average molecular weight is 401 g/mol. The highest BCUT2D eigenvalue weighted by Gasteiger charge is 2.24. The van der Waals surface area contributed by atoms with E-state index in [-0.39, 0.29) is 5.91 Å². The third-order valence-electron chi connectivity index (χ3n) is 5.20. The van der Waals surface area contributed by atoms with E-state index in [0.29, 0.717) is 18.3 Å². The summed E-state index contributed by atoms with van der Waals surface area (Å²) in [6.07, 6.45) is 3.90. The molecule has 2 aromatic carbocycles. The summed E-state index contributed by atoms with van der Waals surface area (Å²) >= 11 is 0. The highest BCUT2D eigenvalue weighted by molar-refractivity contribution is 5.99. The molecule has 2 aromatic heterocycles. The summed E-state index contributed by atoms with van der Waals surface area (Å²) in [7, 11) is 3.99. The van der Waals surface area contributed by atoms with Gasteiger partial charge in [-0.3, -0.25) is 14.8 Å². The van der Waals surface area contributed by atoms with Crippen molar-refractivity contribution >= 4 is 16.8 Å². The highest BCUT2D eigenvalue weighted by atomic mass is 16.1. The van der Waals surface area contributed by atoms with Gasteiger partial charge in [-0.25, -0.2) is 4.68 Å². The molecule has 1 aliphatic carbocycles. The molecule has 4 aromatic rings. The van der Waals surface area contributed by atoms with Crippen molar-refractivity contribution in [3.63, 3.8) is 0 Å². The van der Waals surface area contributed by atoms with Gasteiger partial charge in [0, 0.05) is 28.1 Å². The molecular weight excluding hydrogens is 378 g/mol. The second-order valence-corrected chi connectivity index (χ2v) is 8.00. The maximum absolute atomic E-state index is 12.5. The first kappa shape index (κ1) is 18.5. The van der Waals surface area contributed by atoms with Gasteiger partial charge in [0.25, 0.3) is 5.91 Å². The number of fused-ring (bicyclic) bond motifs is 1. The van der Waals surface area contributed by atoms with Crippen LogP contribution in [0.4, 0.5) is 0 Å². The fourth-order valence-corrected chi connectivity index (χ4v) is 3.55. The first-order chi connectivity index (χ1) is 14.6. The zero-order chi connectivity index (χ0) is 20.7. The summed E-state index contributed by atoms with van der Waals surface area (Å²) in [6.45, 7) is 0.643. The third kappa shape index (κ3) is 3.57. The molecule has 0 unspecified atom stereocenters. The van der Waals surface area contributed by atoms with Crippen LogP contribution in [0.2, 0.25) is 0 Å². The summed E-state index contributed by atoms with van der Waals surface area (Å²) in [6, 6.07) is 14.1. The minimum Gasteiger partial charge on any atom is -0.349 e. The van der Waals surface area contributed by atoms with Crippen molar-refractivity contribution in [2.75, 3.05) is 14.1 Å². The molecule has 1 saturated carbocycles. The number of nitrogens with one attached hydrogen (secondary N) is 2. The number of carbonyl (C=O) groups excluding carboxylic acids is 1. The molecule has 8 nitrogen and oxygen atoms in total. The maximum Gasteiger partial charge on any atom is 0.251 e. The standard InChI is InChI=1S/C22H23N7O/c1-28(2)13-29-20(12-23-27-29)14-6-9-19-18(11-14)21(26-25-19)15-4-3-5-16(10-15)22(30)24-17-7-8-17/h3-6,9-12,17H,7-8,13H2,1-2H3,(H,24,30)(H,25,26). The van der Waals surface area contributed by atoms with E-state index in [4.69, 9.17) is 0 Å². The molecule has 2 N–H and O–H groups in total. The Bertz CT molecular complexity index is 1220. The van der Waals surface area contributed by atoms with E-state index in [1.54, 1.807) is 6.20 Å². The highest BCUT2D eigenvalue weighted by Crippen LogP contribution is 2.31. The molecule has 152 valence electrons. The van der Waals surface area contributed by atoms with Crippen molar-refractivity contribution in [2.24, 2.45) is 0 Å². The van der Waals surface area contributed by atoms with Crippen LogP contribution in [-0.2, 0) is 6.67 Å². The Balaban J connectivity index is 1.53. The van der Waals surface area contributed by atoms with Crippen molar-refractivity contribution < 1.29 is 4.79 Å². The molecule has 0 radical (unpaired) electrons. The lowest BCUT2D eigenvalue weighted by molar-refractivity contribution is 0.0951. The van der Waals surface area contributed by atoms with Gasteiger partial charge in [0.15, 0.2) is 0 Å². The Hall–Kier alpha value is -3.52. The molecule has 5 rings (SSSR count). The van der Waals surface area contributed by atoms with Gasteiger partial charge in [-0.2, -0.15) is 5.10 Å². The average Bonchev–Trinajstić information content (AvgIpc) is 3.27. The number of benzene rings is 2. The van der Waals surface area contributed by atoms with Crippen LogP contribution in [0.25, 0.3) is 33.4 Å². The van der Waals surface area contributed by atoms with Gasteiger partial charge in [0.2, 0.25) is 0 Å². The Morgan fingerprint density at radius 3 is 2.87 bits per heavy atom. The van der Waals surface area contributed by atoms with Crippen molar-refractivity contribution in [1.82, 2.24) is 35.4 Å². The molecule has 0 spiro atoms. The molecule has 1 amide bonds. The Kier molecular flexibility index (Phi) is 4.55. The summed E-state index contributed by atoms with van der Waals surface area (Å²) in [5, 5.41) is 19.9. The molecule has 0 aliphatic heterocycles. The smallest absolute Gasteiger partial charge is 0.251 e. The number of hydrogen-bond donors (Lipinski definition) is 2. The maximum atomic E-state index is 12.5. The number of carbonyl (C=O) groups is 1. The van der Waals surface area contributed by atoms with Gasteiger partial charge in [0.05, 0.1) is 29.8 Å². The van der Waals surface area contributed by atoms with Crippen LogP contribution >= 0.6 is 0 Å².